The van der Waals surface area contributed by atoms with Crippen LogP contribution in [-0.4, -0.2) is 32.5 Å². The molecule has 0 fully saturated rings. The molecule has 0 bridgehead atoms. The molecule has 1 aromatic carbocycles. The Balaban J connectivity index is 1.92. The lowest BCUT2D eigenvalue weighted by Gasteiger charge is -2.21. The minimum Gasteiger partial charge on any atom is -0.310 e. The fourth-order valence-electron chi connectivity index (χ4n) is 1.63. The monoisotopic (exact) mass is 276 g/mol. The number of thioether (sulfide) groups is 1. The van der Waals surface area contributed by atoms with E-state index in [4.69, 9.17) is 0 Å². The second-order valence-corrected chi connectivity index (χ2v) is 6.54. The minimum absolute atomic E-state index is 0.245. The smallest absolute Gasteiger partial charge is 0.0969 e. The van der Waals surface area contributed by atoms with Crippen molar-refractivity contribution in [1.82, 2.24) is 20.3 Å². The van der Waals surface area contributed by atoms with Crippen LogP contribution in [0.4, 0.5) is 0 Å². The Morgan fingerprint density at radius 1 is 1.26 bits per heavy atom. The standard InChI is InChI=1S/C14H20N4S/c1-14(2,19-3)11-15-9-12-10-16-18(17-12)13-7-5-4-6-8-13/h4-8,10,15H,9,11H2,1-3H3. The highest BCUT2D eigenvalue weighted by molar-refractivity contribution is 7.99. The fourth-order valence-corrected chi connectivity index (χ4v) is 1.87. The van der Waals surface area contributed by atoms with Crippen LogP contribution in [0.2, 0.25) is 0 Å². The highest BCUT2D eigenvalue weighted by Crippen LogP contribution is 2.19. The zero-order valence-corrected chi connectivity index (χ0v) is 12.4. The van der Waals surface area contributed by atoms with Crippen LogP contribution in [0, 0.1) is 0 Å². The van der Waals surface area contributed by atoms with Gasteiger partial charge in [-0.15, -0.1) is 0 Å². The highest BCUT2D eigenvalue weighted by Gasteiger charge is 2.15. The van der Waals surface area contributed by atoms with Crippen molar-refractivity contribution in [3.8, 4) is 5.69 Å². The van der Waals surface area contributed by atoms with Gasteiger partial charge in [-0.2, -0.15) is 26.8 Å². The summed E-state index contributed by atoms with van der Waals surface area (Å²) in [5, 5.41) is 12.2. The van der Waals surface area contributed by atoms with Crippen molar-refractivity contribution < 1.29 is 0 Å². The number of aromatic nitrogens is 3. The minimum atomic E-state index is 0.245. The summed E-state index contributed by atoms with van der Waals surface area (Å²) in [5.41, 5.74) is 1.94. The van der Waals surface area contributed by atoms with E-state index in [-0.39, 0.29) is 4.75 Å². The van der Waals surface area contributed by atoms with Crippen LogP contribution in [0.1, 0.15) is 19.5 Å². The average Bonchev–Trinajstić information content (AvgIpc) is 2.88. The topological polar surface area (TPSA) is 42.7 Å². The van der Waals surface area contributed by atoms with Gasteiger partial charge < -0.3 is 5.32 Å². The van der Waals surface area contributed by atoms with Crippen molar-refractivity contribution >= 4 is 11.8 Å². The fraction of sp³-hybridized carbons (Fsp3) is 0.429. The van der Waals surface area contributed by atoms with Gasteiger partial charge in [0.2, 0.25) is 0 Å². The van der Waals surface area contributed by atoms with Crippen molar-refractivity contribution in [2.75, 3.05) is 12.8 Å². The lowest BCUT2D eigenvalue weighted by Crippen LogP contribution is -2.31. The molecule has 4 nitrogen and oxygen atoms in total. The van der Waals surface area contributed by atoms with Crippen LogP contribution in [0.3, 0.4) is 0 Å². The van der Waals surface area contributed by atoms with Crippen LogP contribution >= 0.6 is 11.8 Å². The molecule has 0 spiro atoms. The summed E-state index contributed by atoms with van der Waals surface area (Å²) in [4.78, 5) is 1.66. The Hall–Kier alpha value is -1.33. The third kappa shape index (κ3) is 4.08. The summed E-state index contributed by atoms with van der Waals surface area (Å²) >= 11 is 1.86. The van der Waals surface area contributed by atoms with Crippen LogP contribution < -0.4 is 5.32 Å². The van der Waals surface area contributed by atoms with Gasteiger partial charge in [-0.05, 0) is 32.2 Å². The number of para-hydroxylation sites is 1. The summed E-state index contributed by atoms with van der Waals surface area (Å²) in [6, 6.07) is 9.94. The maximum absolute atomic E-state index is 4.46. The Bertz CT molecular complexity index is 507. The molecule has 0 amide bonds. The number of rotatable bonds is 6. The molecule has 5 heteroatoms. The number of nitrogens with zero attached hydrogens (tertiary/aromatic N) is 3. The van der Waals surface area contributed by atoms with Crippen molar-refractivity contribution in [3.63, 3.8) is 0 Å². The van der Waals surface area contributed by atoms with Gasteiger partial charge in [0.25, 0.3) is 0 Å². The second-order valence-electron chi connectivity index (χ2n) is 5.03. The predicted molar refractivity (Wildman–Crippen MR) is 80.7 cm³/mol. The predicted octanol–water partition coefficient (Wildman–Crippen LogP) is 2.50. The molecule has 0 saturated heterocycles. The normalized spacial score (nSPS) is 11.7. The number of hydrogen-bond acceptors (Lipinski definition) is 4. The molecule has 0 aliphatic rings. The number of benzene rings is 1. The Kier molecular flexibility index (Phi) is 4.61. The van der Waals surface area contributed by atoms with Gasteiger partial charge >= 0.3 is 0 Å². The number of hydrogen-bond donors (Lipinski definition) is 1. The van der Waals surface area contributed by atoms with E-state index >= 15 is 0 Å². The van der Waals surface area contributed by atoms with Gasteiger partial charge in [-0.1, -0.05) is 18.2 Å². The average molecular weight is 276 g/mol. The first-order valence-electron chi connectivity index (χ1n) is 6.33. The van der Waals surface area contributed by atoms with Gasteiger partial charge in [-0.3, -0.25) is 0 Å². The summed E-state index contributed by atoms with van der Waals surface area (Å²) < 4.78 is 0.245. The van der Waals surface area contributed by atoms with E-state index in [0.717, 1.165) is 24.5 Å². The molecule has 102 valence electrons. The molecule has 2 rings (SSSR count). The van der Waals surface area contributed by atoms with Gasteiger partial charge in [0.15, 0.2) is 0 Å². The molecule has 0 saturated carbocycles. The van der Waals surface area contributed by atoms with Crippen molar-refractivity contribution in [3.05, 3.63) is 42.2 Å². The summed E-state index contributed by atoms with van der Waals surface area (Å²) in [6.07, 6.45) is 3.94. The number of nitrogens with one attached hydrogen (secondary N) is 1. The molecule has 0 aliphatic carbocycles. The molecule has 0 atom stereocenters. The highest BCUT2D eigenvalue weighted by atomic mass is 32.2. The zero-order chi connectivity index (χ0) is 13.7. The quantitative estimate of drug-likeness (QED) is 0.880. The molecule has 0 aliphatic heterocycles. The van der Waals surface area contributed by atoms with E-state index in [1.165, 1.54) is 0 Å². The van der Waals surface area contributed by atoms with Crippen molar-refractivity contribution in [1.29, 1.82) is 0 Å². The van der Waals surface area contributed by atoms with E-state index in [9.17, 15) is 0 Å². The first kappa shape index (κ1) is 14.1. The molecular weight excluding hydrogens is 256 g/mol. The molecule has 0 radical (unpaired) electrons. The van der Waals surface area contributed by atoms with Gasteiger partial charge in [0, 0.05) is 17.8 Å². The van der Waals surface area contributed by atoms with E-state index in [1.807, 2.05) is 48.3 Å². The third-order valence-electron chi connectivity index (χ3n) is 2.94. The van der Waals surface area contributed by atoms with Crippen molar-refractivity contribution in [2.24, 2.45) is 0 Å². The maximum Gasteiger partial charge on any atom is 0.0969 e. The first-order valence-corrected chi connectivity index (χ1v) is 7.56. The van der Waals surface area contributed by atoms with E-state index in [0.29, 0.717) is 0 Å². The van der Waals surface area contributed by atoms with E-state index < -0.39 is 0 Å². The summed E-state index contributed by atoms with van der Waals surface area (Å²) in [7, 11) is 0. The van der Waals surface area contributed by atoms with Crippen LogP contribution in [0.25, 0.3) is 5.69 Å². The summed E-state index contributed by atoms with van der Waals surface area (Å²) in [6.45, 7) is 6.15. The van der Waals surface area contributed by atoms with Gasteiger partial charge in [0.1, 0.15) is 0 Å². The SMILES string of the molecule is CSC(C)(C)CNCc1cnn(-c2ccccc2)n1. The van der Waals surface area contributed by atoms with E-state index in [2.05, 4.69) is 35.6 Å². The zero-order valence-electron chi connectivity index (χ0n) is 11.6. The van der Waals surface area contributed by atoms with Crippen molar-refractivity contribution in [2.45, 2.75) is 25.1 Å². The molecule has 19 heavy (non-hydrogen) atoms. The van der Waals surface area contributed by atoms with Gasteiger partial charge in [-0.25, -0.2) is 0 Å². The molecule has 2 aromatic rings. The lowest BCUT2D eigenvalue weighted by atomic mass is 10.2. The third-order valence-corrected chi connectivity index (χ3v) is 4.19. The molecule has 1 N–H and O–H groups in total. The molecular formula is C14H20N4S. The Morgan fingerprint density at radius 2 is 2.00 bits per heavy atom. The lowest BCUT2D eigenvalue weighted by molar-refractivity contribution is 0.582. The maximum atomic E-state index is 4.46. The first-order chi connectivity index (χ1) is 9.11. The second kappa shape index (κ2) is 6.21. The van der Waals surface area contributed by atoms with Crippen LogP contribution in [-0.2, 0) is 6.54 Å². The van der Waals surface area contributed by atoms with Crippen LogP contribution in [0.5, 0.6) is 0 Å². The summed E-state index contributed by atoms with van der Waals surface area (Å²) in [5.74, 6) is 0. The Morgan fingerprint density at radius 3 is 2.68 bits per heavy atom. The van der Waals surface area contributed by atoms with Crippen LogP contribution in [0.15, 0.2) is 36.5 Å². The molecule has 1 heterocycles. The largest absolute Gasteiger partial charge is 0.310 e. The Labute approximate surface area is 118 Å². The molecule has 0 unspecified atom stereocenters. The van der Waals surface area contributed by atoms with E-state index in [1.54, 1.807) is 4.80 Å². The molecule has 1 aromatic heterocycles. The van der Waals surface area contributed by atoms with Gasteiger partial charge in [0.05, 0.1) is 17.6 Å².